The molecule has 6 nitrogen and oxygen atoms in total. The van der Waals surface area contributed by atoms with Crippen LogP contribution in [0, 0.1) is 0 Å². The number of aliphatic hydroxyl groups is 1. The molecule has 21 heavy (non-hydrogen) atoms. The number of nitrogens with zero attached hydrogens (tertiary/aromatic N) is 1. The summed E-state index contributed by atoms with van der Waals surface area (Å²) in [6, 6.07) is 6.49. The lowest BCUT2D eigenvalue weighted by Gasteiger charge is -2.21. The normalized spacial score (nSPS) is 21.3. The van der Waals surface area contributed by atoms with E-state index in [9.17, 15) is 14.7 Å². The van der Waals surface area contributed by atoms with Gasteiger partial charge < -0.3 is 19.8 Å². The number of β-amino-alcohol motifs (C(OH)–C–C–N with tert-alkyl or cyclic N) is 1. The minimum absolute atomic E-state index is 0.0912. The number of carboxylic acid groups (broad SMARTS) is 1. The fraction of sp³-hybridized carbons (Fsp3) is 0.467. The van der Waals surface area contributed by atoms with Gasteiger partial charge in [-0.15, -0.1) is 0 Å². The summed E-state index contributed by atoms with van der Waals surface area (Å²) < 4.78 is 5.12. The molecule has 2 rings (SSSR count). The molecule has 0 saturated carbocycles. The number of likely N-dealkylation sites (tertiary alicyclic amines) is 1. The average Bonchev–Trinajstić information content (AvgIpc) is 2.87. The van der Waals surface area contributed by atoms with E-state index in [1.807, 2.05) is 24.3 Å². The van der Waals surface area contributed by atoms with Crippen molar-refractivity contribution in [1.29, 1.82) is 0 Å². The number of aliphatic carboxylic acids is 1. The van der Waals surface area contributed by atoms with Crippen LogP contribution in [0.2, 0.25) is 0 Å². The summed E-state index contributed by atoms with van der Waals surface area (Å²) >= 11 is 0. The van der Waals surface area contributed by atoms with Gasteiger partial charge in [0, 0.05) is 19.4 Å². The molecule has 0 aliphatic carbocycles. The summed E-state index contributed by atoms with van der Waals surface area (Å²) in [5.74, 6) is -0.594. The van der Waals surface area contributed by atoms with Crippen molar-refractivity contribution < 1.29 is 24.5 Å². The number of ether oxygens (including phenoxy) is 1. The highest BCUT2D eigenvalue weighted by molar-refractivity contribution is 5.84. The topological polar surface area (TPSA) is 87.1 Å². The number of hydrogen-bond acceptors (Lipinski definition) is 4. The van der Waals surface area contributed by atoms with Crippen molar-refractivity contribution in [3.05, 3.63) is 29.8 Å². The Hall–Kier alpha value is -2.08. The second-order valence-corrected chi connectivity index (χ2v) is 5.14. The number of aryl methyl sites for hydroxylation is 1. The van der Waals surface area contributed by atoms with E-state index in [1.54, 1.807) is 7.11 Å². The Morgan fingerprint density at radius 2 is 2.19 bits per heavy atom. The molecule has 0 bridgehead atoms. The summed E-state index contributed by atoms with van der Waals surface area (Å²) in [5.41, 5.74) is 0.953. The Kier molecular flexibility index (Phi) is 4.80. The Morgan fingerprint density at radius 3 is 2.86 bits per heavy atom. The molecule has 1 saturated heterocycles. The van der Waals surface area contributed by atoms with Crippen LogP contribution in [0.25, 0.3) is 0 Å². The van der Waals surface area contributed by atoms with Crippen molar-refractivity contribution in [1.82, 2.24) is 4.90 Å². The van der Waals surface area contributed by atoms with Crippen molar-refractivity contribution in [2.45, 2.75) is 31.4 Å². The molecule has 0 unspecified atom stereocenters. The first-order valence-corrected chi connectivity index (χ1v) is 6.84. The molecular formula is C15H19NO5. The van der Waals surface area contributed by atoms with Crippen LogP contribution in [0.5, 0.6) is 5.75 Å². The van der Waals surface area contributed by atoms with Crippen LogP contribution in [0.3, 0.4) is 0 Å². The molecule has 0 spiro atoms. The molecule has 2 atom stereocenters. The van der Waals surface area contributed by atoms with E-state index in [1.165, 1.54) is 4.90 Å². The molecule has 1 aliphatic heterocycles. The third-order valence-corrected chi connectivity index (χ3v) is 3.65. The van der Waals surface area contributed by atoms with Crippen LogP contribution in [0.4, 0.5) is 0 Å². The smallest absolute Gasteiger partial charge is 0.326 e. The molecule has 1 aromatic carbocycles. The molecule has 1 heterocycles. The maximum atomic E-state index is 12.2. The van der Waals surface area contributed by atoms with Crippen LogP contribution in [0.1, 0.15) is 18.4 Å². The van der Waals surface area contributed by atoms with Crippen LogP contribution in [0.15, 0.2) is 24.3 Å². The van der Waals surface area contributed by atoms with E-state index in [4.69, 9.17) is 9.84 Å². The number of rotatable bonds is 5. The number of amides is 1. The van der Waals surface area contributed by atoms with Crippen molar-refractivity contribution in [3.8, 4) is 5.75 Å². The number of benzene rings is 1. The molecule has 0 aromatic heterocycles. The second kappa shape index (κ2) is 6.58. The number of hydrogen-bond donors (Lipinski definition) is 2. The van der Waals surface area contributed by atoms with Gasteiger partial charge in [-0.2, -0.15) is 0 Å². The zero-order chi connectivity index (χ0) is 15.4. The lowest BCUT2D eigenvalue weighted by molar-refractivity contribution is -0.148. The fourth-order valence-electron chi connectivity index (χ4n) is 2.55. The van der Waals surface area contributed by atoms with E-state index in [0.29, 0.717) is 6.42 Å². The van der Waals surface area contributed by atoms with Gasteiger partial charge >= 0.3 is 5.97 Å². The van der Waals surface area contributed by atoms with Gasteiger partial charge in [-0.3, -0.25) is 4.79 Å². The SMILES string of the molecule is COc1cccc(CCC(=O)N2C[C@H](O)C[C@H]2C(=O)O)c1. The van der Waals surface area contributed by atoms with E-state index in [0.717, 1.165) is 11.3 Å². The number of carboxylic acids is 1. The zero-order valence-corrected chi connectivity index (χ0v) is 11.9. The van der Waals surface area contributed by atoms with Crippen LogP contribution < -0.4 is 4.74 Å². The molecule has 2 N–H and O–H groups in total. The van der Waals surface area contributed by atoms with Gasteiger partial charge in [0.1, 0.15) is 11.8 Å². The van der Waals surface area contributed by atoms with E-state index in [2.05, 4.69) is 0 Å². The fourth-order valence-corrected chi connectivity index (χ4v) is 2.55. The predicted octanol–water partition coefficient (Wildman–Crippen LogP) is 0.674. The van der Waals surface area contributed by atoms with Gasteiger partial charge in [0.25, 0.3) is 0 Å². The summed E-state index contributed by atoms with van der Waals surface area (Å²) in [4.78, 5) is 24.5. The highest BCUT2D eigenvalue weighted by atomic mass is 16.5. The predicted molar refractivity (Wildman–Crippen MR) is 75.1 cm³/mol. The summed E-state index contributed by atoms with van der Waals surface area (Å²) in [6.07, 6.45) is 0.0608. The quantitative estimate of drug-likeness (QED) is 0.833. The van der Waals surface area contributed by atoms with Crippen LogP contribution >= 0.6 is 0 Å². The zero-order valence-electron chi connectivity index (χ0n) is 11.9. The van der Waals surface area contributed by atoms with Crippen molar-refractivity contribution in [2.75, 3.05) is 13.7 Å². The maximum Gasteiger partial charge on any atom is 0.326 e. The summed E-state index contributed by atoms with van der Waals surface area (Å²) in [5, 5.41) is 18.6. The molecule has 1 amide bonds. The number of aliphatic hydroxyl groups excluding tert-OH is 1. The van der Waals surface area contributed by atoms with Gasteiger partial charge in [-0.25, -0.2) is 4.79 Å². The number of methoxy groups -OCH3 is 1. The van der Waals surface area contributed by atoms with Crippen LogP contribution in [-0.2, 0) is 16.0 Å². The van der Waals surface area contributed by atoms with E-state index < -0.39 is 18.1 Å². The third-order valence-electron chi connectivity index (χ3n) is 3.65. The van der Waals surface area contributed by atoms with Crippen molar-refractivity contribution in [3.63, 3.8) is 0 Å². The minimum Gasteiger partial charge on any atom is -0.497 e. The molecule has 1 aliphatic rings. The molecule has 114 valence electrons. The third kappa shape index (κ3) is 3.72. The monoisotopic (exact) mass is 293 g/mol. The highest BCUT2D eigenvalue weighted by Crippen LogP contribution is 2.20. The van der Waals surface area contributed by atoms with Gasteiger partial charge in [-0.1, -0.05) is 12.1 Å². The minimum atomic E-state index is -1.07. The molecule has 6 heteroatoms. The Morgan fingerprint density at radius 1 is 1.43 bits per heavy atom. The molecular weight excluding hydrogens is 274 g/mol. The molecule has 1 fully saturated rings. The Bertz CT molecular complexity index is 531. The first kappa shape index (κ1) is 15.3. The van der Waals surface area contributed by atoms with E-state index >= 15 is 0 Å². The largest absolute Gasteiger partial charge is 0.497 e. The van der Waals surface area contributed by atoms with Crippen molar-refractivity contribution in [2.24, 2.45) is 0 Å². The summed E-state index contributed by atoms with van der Waals surface area (Å²) in [6.45, 7) is 0.0912. The first-order valence-electron chi connectivity index (χ1n) is 6.84. The van der Waals surface area contributed by atoms with Crippen LogP contribution in [-0.4, -0.2) is 52.8 Å². The lowest BCUT2D eigenvalue weighted by Crippen LogP contribution is -2.40. The van der Waals surface area contributed by atoms with Crippen molar-refractivity contribution >= 4 is 11.9 Å². The van der Waals surface area contributed by atoms with Gasteiger partial charge in [-0.05, 0) is 24.1 Å². The average molecular weight is 293 g/mol. The Balaban J connectivity index is 1.96. The lowest BCUT2D eigenvalue weighted by atomic mass is 10.1. The number of carbonyl (C=O) groups excluding carboxylic acids is 1. The first-order chi connectivity index (χ1) is 10.0. The van der Waals surface area contributed by atoms with Gasteiger partial charge in [0.2, 0.25) is 5.91 Å². The molecule has 1 aromatic rings. The highest BCUT2D eigenvalue weighted by Gasteiger charge is 2.38. The maximum absolute atomic E-state index is 12.2. The number of carbonyl (C=O) groups is 2. The van der Waals surface area contributed by atoms with E-state index in [-0.39, 0.29) is 25.3 Å². The van der Waals surface area contributed by atoms with Gasteiger partial charge in [0.05, 0.1) is 13.2 Å². The molecule has 0 radical (unpaired) electrons. The second-order valence-electron chi connectivity index (χ2n) is 5.14. The Labute approximate surface area is 122 Å². The van der Waals surface area contributed by atoms with Gasteiger partial charge in [0.15, 0.2) is 0 Å². The summed E-state index contributed by atoms with van der Waals surface area (Å²) in [7, 11) is 1.58. The standard InChI is InChI=1S/C15H19NO5/c1-21-12-4-2-3-10(7-12)5-6-14(18)16-9-11(17)8-13(16)15(19)20/h2-4,7,11,13,17H,5-6,8-9H2,1H3,(H,19,20)/t11-,13+/m1/s1.